The first-order valence-corrected chi connectivity index (χ1v) is 12.5. The van der Waals surface area contributed by atoms with E-state index in [0.29, 0.717) is 19.6 Å². The van der Waals surface area contributed by atoms with Crippen molar-refractivity contribution in [2.45, 2.75) is 32.2 Å². The van der Waals surface area contributed by atoms with E-state index in [1.165, 1.54) is 0 Å². The van der Waals surface area contributed by atoms with E-state index in [-0.39, 0.29) is 11.8 Å². The minimum absolute atomic E-state index is 0.160. The second kappa shape index (κ2) is 11.7. The highest BCUT2D eigenvalue weighted by Crippen LogP contribution is 2.14. The summed E-state index contributed by atoms with van der Waals surface area (Å²) in [5, 5.41) is 6.91. The summed E-state index contributed by atoms with van der Waals surface area (Å²) in [6.07, 6.45) is 4.02. The summed E-state index contributed by atoms with van der Waals surface area (Å²) < 4.78 is 36.6. The zero-order valence-corrected chi connectivity index (χ0v) is 18.7. The van der Waals surface area contributed by atoms with Gasteiger partial charge in [0.25, 0.3) is 0 Å². The zero-order valence-electron chi connectivity index (χ0n) is 17.9. The maximum Gasteiger partial charge on any atom is 0.213 e. The van der Waals surface area contributed by atoms with E-state index < -0.39 is 10.0 Å². The van der Waals surface area contributed by atoms with Crippen LogP contribution in [0.15, 0.2) is 27.8 Å². The van der Waals surface area contributed by atoms with Crippen LogP contribution in [0.4, 0.5) is 0 Å². The number of nitrogens with one attached hydrogen (secondary N) is 2. The van der Waals surface area contributed by atoms with Crippen molar-refractivity contribution >= 4 is 16.0 Å². The Labute approximate surface area is 179 Å². The van der Waals surface area contributed by atoms with Crippen molar-refractivity contribution < 1.29 is 17.6 Å². The molecule has 0 amide bonds. The maximum atomic E-state index is 12.1. The summed E-state index contributed by atoms with van der Waals surface area (Å²) in [6.45, 7) is 8.62. The standard InChI is InChI=1S/C20H35N5O4S/c1-2-30(26,27)25-10-6-18(7-11-25)23-20(21-8-5-19-4-3-15-29-19)22-9-12-24-13-16-28-17-14-24/h3-4,15,18H,2,5-14,16-17H2,1H3,(H2,21,22,23). The molecule has 2 fully saturated rings. The van der Waals surface area contributed by atoms with Gasteiger partial charge in [-0.3, -0.25) is 9.89 Å². The van der Waals surface area contributed by atoms with Crippen LogP contribution in [0.1, 0.15) is 25.5 Å². The summed E-state index contributed by atoms with van der Waals surface area (Å²) in [6, 6.07) is 4.07. The van der Waals surface area contributed by atoms with Gasteiger partial charge in [-0.05, 0) is 31.9 Å². The van der Waals surface area contributed by atoms with Gasteiger partial charge in [-0.1, -0.05) is 0 Å². The van der Waals surface area contributed by atoms with Crippen LogP contribution in [0.3, 0.4) is 0 Å². The van der Waals surface area contributed by atoms with Crippen molar-refractivity contribution in [3.63, 3.8) is 0 Å². The predicted molar refractivity (Wildman–Crippen MR) is 117 cm³/mol. The first-order valence-electron chi connectivity index (χ1n) is 10.9. The number of piperidine rings is 1. The molecule has 2 aliphatic rings. The molecule has 2 aliphatic heterocycles. The number of morpholine rings is 1. The van der Waals surface area contributed by atoms with Crippen LogP contribution in [0.2, 0.25) is 0 Å². The zero-order chi connectivity index (χ0) is 21.2. The highest BCUT2D eigenvalue weighted by Gasteiger charge is 2.27. The van der Waals surface area contributed by atoms with Crippen LogP contribution in [-0.4, -0.2) is 94.4 Å². The van der Waals surface area contributed by atoms with Crippen molar-refractivity contribution in [2.24, 2.45) is 4.99 Å². The molecule has 2 saturated heterocycles. The van der Waals surface area contributed by atoms with E-state index in [4.69, 9.17) is 14.1 Å². The molecule has 9 nitrogen and oxygen atoms in total. The smallest absolute Gasteiger partial charge is 0.213 e. The Kier molecular flexibility index (Phi) is 8.98. The normalized spacial score (nSPS) is 20.4. The molecular formula is C20H35N5O4S. The molecule has 3 rings (SSSR count). The minimum Gasteiger partial charge on any atom is -0.469 e. The lowest BCUT2D eigenvalue weighted by Crippen LogP contribution is -2.50. The molecule has 170 valence electrons. The van der Waals surface area contributed by atoms with Crippen molar-refractivity contribution in [3.05, 3.63) is 24.2 Å². The Hall–Kier alpha value is -1.62. The molecule has 0 radical (unpaired) electrons. The average Bonchev–Trinajstić information content (AvgIpc) is 3.28. The third-order valence-corrected chi connectivity index (χ3v) is 7.47. The fourth-order valence-electron chi connectivity index (χ4n) is 3.69. The summed E-state index contributed by atoms with van der Waals surface area (Å²) in [7, 11) is -3.11. The minimum atomic E-state index is -3.11. The molecular weight excluding hydrogens is 406 g/mol. The summed E-state index contributed by atoms with van der Waals surface area (Å²) in [5.74, 6) is 1.88. The van der Waals surface area contributed by atoms with Crippen LogP contribution >= 0.6 is 0 Å². The molecule has 0 saturated carbocycles. The Morgan fingerprint density at radius 1 is 1.23 bits per heavy atom. The lowest BCUT2D eigenvalue weighted by Gasteiger charge is -2.32. The number of hydrogen-bond donors (Lipinski definition) is 2. The second-order valence-corrected chi connectivity index (χ2v) is 9.92. The number of rotatable bonds is 9. The number of ether oxygens (including phenoxy) is 1. The summed E-state index contributed by atoms with van der Waals surface area (Å²) in [4.78, 5) is 7.13. The van der Waals surface area contributed by atoms with Gasteiger partial charge in [-0.25, -0.2) is 12.7 Å². The fourth-order valence-corrected chi connectivity index (χ4v) is 4.83. The third-order valence-electron chi connectivity index (χ3n) is 5.59. The number of aliphatic imine (C=N–C) groups is 1. The van der Waals surface area contributed by atoms with Gasteiger partial charge in [0.2, 0.25) is 10.0 Å². The molecule has 1 aromatic heterocycles. The number of furan rings is 1. The van der Waals surface area contributed by atoms with E-state index >= 15 is 0 Å². The summed E-state index contributed by atoms with van der Waals surface area (Å²) in [5.41, 5.74) is 0. The molecule has 10 heteroatoms. The van der Waals surface area contributed by atoms with E-state index in [1.807, 2.05) is 12.1 Å². The quantitative estimate of drug-likeness (QED) is 0.425. The number of hydrogen-bond acceptors (Lipinski definition) is 6. The van der Waals surface area contributed by atoms with E-state index in [9.17, 15) is 8.42 Å². The Balaban J connectivity index is 1.49. The Morgan fingerprint density at radius 3 is 2.67 bits per heavy atom. The van der Waals surface area contributed by atoms with Gasteiger partial charge in [0.05, 0.1) is 31.8 Å². The van der Waals surface area contributed by atoms with Crippen LogP contribution in [0.5, 0.6) is 0 Å². The van der Waals surface area contributed by atoms with Crippen LogP contribution in [-0.2, 0) is 21.2 Å². The molecule has 0 spiro atoms. The summed E-state index contributed by atoms with van der Waals surface area (Å²) >= 11 is 0. The highest BCUT2D eigenvalue weighted by atomic mass is 32.2. The van der Waals surface area contributed by atoms with Crippen molar-refractivity contribution in [1.29, 1.82) is 0 Å². The van der Waals surface area contributed by atoms with Crippen LogP contribution in [0.25, 0.3) is 0 Å². The van der Waals surface area contributed by atoms with Gasteiger partial charge in [-0.2, -0.15) is 0 Å². The third kappa shape index (κ3) is 7.26. The molecule has 0 bridgehead atoms. The monoisotopic (exact) mass is 441 g/mol. The van der Waals surface area contributed by atoms with Gasteiger partial charge in [0.1, 0.15) is 5.76 Å². The van der Waals surface area contributed by atoms with Gasteiger partial charge >= 0.3 is 0 Å². The number of sulfonamides is 1. The fraction of sp³-hybridized carbons (Fsp3) is 0.750. The highest BCUT2D eigenvalue weighted by molar-refractivity contribution is 7.89. The molecule has 30 heavy (non-hydrogen) atoms. The SMILES string of the molecule is CCS(=O)(=O)N1CCC(NC(=NCCN2CCOCC2)NCCc2ccco2)CC1. The second-order valence-electron chi connectivity index (χ2n) is 7.66. The van der Waals surface area contributed by atoms with Crippen LogP contribution < -0.4 is 10.6 Å². The molecule has 2 N–H and O–H groups in total. The Morgan fingerprint density at radius 2 is 2.00 bits per heavy atom. The number of nitrogens with zero attached hydrogens (tertiary/aromatic N) is 3. The van der Waals surface area contributed by atoms with E-state index in [1.54, 1.807) is 17.5 Å². The molecule has 0 atom stereocenters. The lowest BCUT2D eigenvalue weighted by atomic mass is 10.1. The predicted octanol–water partition coefficient (Wildman–Crippen LogP) is 0.504. The topological polar surface area (TPSA) is 99.4 Å². The lowest BCUT2D eigenvalue weighted by molar-refractivity contribution is 0.0394. The van der Waals surface area contributed by atoms with Crippen molar-refractivity contribution in [3.8, 4) is 0 Å². The van der Waals surface area contributed by atoms with Crippen LogP contribution in [0, 0.1) is 0 Å². The first-order chi connectivity index (χ1) is 14.6. The molecule has 0 aromatic carbocycles. The Bertz CT molecular complexity index is 739. The number of guanidine groups is 1. The first kappa shape index (κ1) is 23.1. The van der Waals surface area contributed by atoms with Gasteiger partial charge in [0, 0.05) is 51.7 Å². The van der Waals surface area contributed by atoms with E-state index in [2.05, 4.69) is 15.5 Å². The molecule has 0 aliphatic carbocycles. The van der Waals surface area contributed by atoms with E-state index in [0.717, 1.165) is 70.4 Å². The molecule has 1 aromatic rings. The van der Waals surface area contributed by atoms with Gasteiger partial charge < -0.3 is 19.8 Å². The van der Waals surface area contributed by atoms with Gasteiger partial charge in [-0.15, -0.1) is 0 Å². The van der Waals surface area contributed by atoms with Crippen molar-refractivity contribution in [2.75, 3.05) is 64.8 Å². The largest absolute Gasteiger partial charge is 0.469 e. The van der Waals surface area contributed by atoms with Gasteiger partial charge in [0.15, 0.2) is 5.96 Å². The van der Waals surface area contributed by atoms with Crippen molar-refractivity contribution in [1.82, 2.24) is 19.8 Å². The average molecular weight is 442 g/mol. The maximum absolute atomic E-state index is 12.1. The molecule has 3 heterocycles. The molecule has 0 unspecified atom stereocenters.